The molecule has 3 aromatic rings. The Kier molecular flexibility index (Phi) is 4.71. The molecule has 30 heavy (non-hydrogen) atoms. The molecule has 0 unspecified atom stereocenters. The Morgan fingerprint density at radius 1 is 1.10 bits per heavy atom. The Balaban J connectivity index is 1.38. The summed E-state index contributed by atoms with van der Waals surface area (Å²) in [5, 5.41) is 3.17. The molecule has 2 aromatic heterocycles. The summed E-state index contributed by atoms with van der Waals surface area (Å²) in [7, 11) is 0. The van der Waals surface area contributed by atoms with Crippen molar-refractivity contribution < 1.29 is 9.59 Å². The summed E-state index contributed by atoms with van der Waals surface area (Å²) in [6.07, 6.45) is 7.33. The highest BCUT2D eigenvalue weighted by atomic mass is 35.5. The minimum atomic E-state index is -0.322. The molecule has 1 N–H and O–H groups in total. The molecule has 2 amide bonds. The Morgan fingerprint density at radius 2 is 1.93 bits per heavy atom. The van der Waals surface area contributed by atoms with Crippen LogP contribution in [-0.2, 0) is 24.2 Å². The van der Waals surface area contributed by atoms with Gasteiger partial charge in [-0.05, 0) is 65.4 Å². The maximum absolute atomic E-state index is 12.4. The molecule has 0 saturated heterocycles. The van der Waals surface area contributed by atoms with Crippen molar-refractivity contribution in [3.63, 3.8) is 0 Å². The van der Waals surface area contributed by atoms with Crippen LogP contribution in [-0.4, -0.2) is 28.3 Å². The quantitative estimate of drug-likeness (QED) is 0.702. The predicted molar refractivity (Wildman–Crippen MR) is 114 cm³/mol. The Morgan fingerprint density at radius 3 is 2.77 bits per heavy atom. The first kappa shape index (κ1) is 18.8. The number of carbonyl (C=O) groups is 2. The van der Waals surface area contributed by atoms with Crippen molar-refractivity contribution in [2.24, 2.45) is 0 Å². The fourth-order valence-electron chi connectivity index (χ4n) is 4.19. The van der Waals surface area contributed by atoms with E-state index < -0.39 is 0 Å². The van der Waals surface area contributed by atoms with Gasteiger partial charge >= 0.3 is 0 Å². The molecule has 7 heteroatoms. The van der Waals surface area contributed by atoms with Gasteiger partial charge < -0.3 is 10.2 Å². The molecule has 4 heterocycles. The summed E-state index contributed by atoms with van der Waals surface area (Å²) in [4.78, 5) is 34.8. The molecule has 150 valence electrons. The largest absolute Gasteiger partial charge is 0.347 e. The van der Waals surface area contributed by atoms with Gasteiger partial charge in [-0.25, -0.2) is 4.98 Å². The van der Waals surface area contributed by atoms with Gasteiger partial charge in [0.1, 0.15) is 5.69 Å². The first-order valence-electron chi connectivity index (χ1n) is 9.89. The number of benzene rings is 1. The maximum Gasteiger partial charge on any atom is 0.271 e. The molecule has 0 spiro atoms. The molecule has 0 saturated carbocycles. The van der Waals surface area contributed by atoms with Crippen LogP contribution in [0.4, 0.5) is 5.69 Å². The zero-order chi connectivity index (χ0) is 20.7. The SMILES string of the molecule is O=C(NCc1cncc(-c2cc3c4c(c2)CCN4C(=O)CC3)c1)c1ncccc1Cl. The van der Waals surface area contributed by atoms with Gasteiger partial charge in [-0.1, -0.05) is 11.6 Å². The van der Waals surface area contributed by atoms with Crippen LogP contribution in [0.1, 0.15) is 33.6 Å². The zero-order valence-corrected chi connectivity index (χ0v) is 16.9. The van der Waals surface area contributed by atoms with Gasteiger partial charge in [0, 0.05) is 43.7 Å². The standard InChI is InChI=1S/C23H19ClN4O2/c24-19-2-1-6-26-21(19)23(30)27-12-14-8-18(13-25-11-14)17-9-15-3-4-20(29)28-7-5-16(10-17)22(15)28/h1-2,6,8-11,13H,3-5,7,12H2,(H,27,30). The number of aryl methyl sites for hydroxylation is 1. The average molecular weight is 419 g/mol. The minimum Gasteiger partial charge on any atom is -0.347 e. The summed E-state index contributed by atoms with van der Waals surface area (Å²) in [6, 6.07) is 9.68. The van der Waals surface area contributed by atoms with E-state index in [1.165, 1.54) is 17.3 Å². The number of amides is 2. The topological polar surface area (TPSA) is 75.2 Å². The van der Waals surface area contributed by atoms with E-state index in [-0.39, 0.29) is 17.5 Å². The molecule has 2 aliphatic heterocycles. The monoisotopic (exact) mass is 418 g/mol. The van der Waals surface area contributed by atoms with Gasteiger partial charge in [-0.2, -0.15) is 0 Å². The van der Waals surface area contributed by atoms with Crippen LogP contribution in [0.2, 0.25) is 5.02 Å². The number of hydrogen-bond donors (Lipinski definition) is 1. The lowest BCUT2D eigenvalue weighted by molar-refractivity contribution is -0.118. The lowest BCUT2D eigenvalue weighted by Crippen LogP contribution is -2.32. The van der Waals surface area contributed by atoms with E-state index in [1.54, 1.807) is 18.3 Å². The normalized spacial score (nSPS) is 14.6. The van der Waals surface area contributed by atoms with Gasteiger partial charge in [-0.15, -0.1) is 0 Å². The van der Waals surface area contributed by atoms with E-state index in [0.29, 0.717) is 18.0 Å². The second-order valence-corrected chi connectivity index (χ2v) is 7.94. The van der Waals surface area contributed by atoms with Gasteiger partial charge in [0.25, 0.3) is 5.91 Å². The van der Waals surface area contributed by atoms with E-state index in [0.717, 1.165) is 41.8 Å². The van der Waals surface area contributed by atoms with Crippen molar-refractivity contribution in [3.8, 4) is 11.1 Å². The number of rotatable bonds is 4. The third-order valence-corrected chi connectivity index (χ3v) is 5.91. The van der Waals surface area contributed by atoms with Crippen LogP contribution in [0.25, 0.3) is 11.1 Å². The molecule has 6 nitrogen and oxygen atoms in total. The highest BCUT2D eigenvalue weighted by molar-refractivity contribution is 6.33. The van der Waals surface area contributed by atoms with Crippen molar-refractivity contribution in [1.29, 1.82) is 0 Å². The van der Waals surface area contributed by atoms with Crippen LogP contribution in [0, 0.1) is 0 Å². The molecule has 0 radical (unpaired) electrons. The molecular weight excluding hydrogens is 400 g/mol. The molecule has 0 atom stereocenters. The van der Waals surface area contributed by atoms with Crippen LogP contribution in [0.15, 0.2) is 48.9 Å². The third-order valence-electron chi connectivity index (χ3n) is 5.61. The van der Waals surface area contributed by atoms with Gasteiger partial charge in [0.2, 0.25) is 5.91 Å². The number of nitrogens with zero attached hydrogens (tertiary/aromatic N) is 3. The van der Waals surface area contributed by atoms with Crippen LogP contribution >= 0.6 is 11.6 Å². The fourth-order valence-corrected chi connectivity index (χ4v) is 4.39. The third kappa shape index (κ3) is 3.33. The fraction of sp³-hybridized carbons (Fsp3) is 0.217. The van der Waals surface area contributed by atoms with Gasteiger partial charge in [-0.3, -0.25) is 14.6 Å². The highest BCUT2D eigenvalue weighted by Crippen LogP contribution is 2.39. The smallest absolute Gasteiger partial charge is 0.271 e. The minimum absolute atomic E-state index is 0.208. The molecule has 0 fully saturated rings. The number of halogens is 1. The molecule has 0 aliphatic carbocycles. The van der Waals surface area contributed by atoms with Crippen LogP contribution in [0.3, 0.4) is 0 Å². The van der Waals surface area contributed by atoms with Crippen LogP contribution < -0.4 is 10.2 Å². The molecule has 5 rings (SSSR count). The van der Waals surface area contributed by atoms with Crippen LogP contribution in [0.5, 0.6) is 0 Å². The van der Waals surface area contributed by atoms with Crippen molar-refractivity contribution in [1.82, 2.24) is 15.3 Å². The summed E-state index contributed by atoms with van der Waals surface area (Å²) >= 11 is 6.04. The summed E-state index contributed by atoms with van der Waals surface area (Å²) in [6.45, 7) is 1.09. The second kappa shape index (κ2) is 7.54. The van der Waals surface area contributed by atoms with Crippen molar-refractivity contribution in [3.05, 3.63) is 76.3 Å². The number of anilines is 1. The first-order valence-corrected chi connectivity index (χ1v) is 10.3. The number of nitrogens with one attached hydrogen (secondary N) is 1. The van der Waals surface area contributed by atoms with Crippen molar-refractivity contribution in [2.75, 3.05) is 11.4 Å². The van der Waals surface area contributed by atoms with E-state index in [4.69, 9.17) is 11.6 Å². The van der Waals surface area contributed by atoms with Gasteiger partial charge in [0.15, 0.2) is 0 Å². The molecule has 0 bridgehead atoms. The zero-order valence-electron chi connectivity index (χ0n) is 16.2. The lowest BCUT2D eigenvalue weighted by atomic mass is 9.94. The molecule has 2 aliphatic rings. The lowest BCUT2D eigenvalue weighted by Gasteiger charge is -2.25. The number of carbonyl (C=O) groups excluding carboxylic acids is 2. The summed E-state index contributed by atoms with van der Waals surface area (Å²) in [5.41, 5.74) is 6.74. The number of aromatic nitrogens is 2. The second-order valence-electron chi connectivity index (χ2n) is 7.54. The Bertz CT molecular complexity index is 1180. The molecule has 1 aromatic carbocycles. The maximum atomic E-state index is 12.4. The van der Waals surface area contributed by atoms with Crippen molar-refractivity contribution in [2.45, 2.75) is 25.8 Å². The Labute approximate surface area is 178 Å². The van der Waals surface area contributed by atoms with E-state index >= 15 is 0 Å². The van der Waals surface area contributed by atoms with E-state index in [1.807, 2.05) is 17.2 Å². The summed E-state index contributed by atoms with van der Waals surface area (Å²) in [5.74, 6) is -0.0980. The van der Waals surface area contributed by atoms with Gasteiger partial charge in [0.05, 0.1) is 10.7 Å². The average Bonchev–Trinajstić information content (AvgIpc) is 3.20. The first-order chi connectivity index (χ1) is 14.6. The molecular formula is C23H19ClN4O2. The number of pyridine rings is 2. The Hall–Kier alpha value is -3.25. The van der Waals surface area contributed by atoms with Crippen molar-refractivity contribution >= 4 is 29.1 Å². The van der Waals surface area contributed by atoms with E-state index in [9.17, 15) is 9.59 Å². The highest BCUT2D eigenvalue weighted by Gasteiger charge is 2.31. The predicted octanol–water partition coefficient (Wildman–Crippen LogP) is 3.56. The number of hydrogen-bond acceptors (Lipinski definition) is 4. The summed E-state index contributed by atoms with van der Waals surface area (Å²) < 4.78 is 0. The van der Waals surface area contributed by atoms with E-state index in [2.05, 4.69) is 27.4 Å².